The Morgan fingerprint density at radius 1 is 0.854 bits per heavy atom. The summed E-state index contributed by atoms with van der Waals surface area (Å²) < 4.78 is 32.9. The van der Waals surface area contributed by atoms with Gasteiger partial charge in [-0.3, -0.25) is 25.2 Å². The number of carbonyl (C=O) groups excluding carboxylic acids is 2. The maximum Gasteiger partial charge on any atom is 0.269 e. The Labute approximate surface area is 247 Å². The van der Waals surface area contributed by atoms with Crippen LogP contribution in [-0.4, -0.2) is 27.3 Å². The first-order valence-corrected chi connectivity index (χ1v) is 15.1. The van der Waals surface area contributed by atoms with Crippen LogP contribution in [0.15, 0.2) is 113 Å². The van der Waals surface area contributed by atoms with Crippen LogP contribution >= 0.6 is 23.4 Å². The van der Waals surface area contributed by atoms with E-state index in [1.165, 1.54) is 31.4 Å². The molecule has 0 radical (unpaired) electrons. The molecule has 11 heteroatoms. The predicted octanol–water partition coefficient (Wildman–Crippen LogP) is 5.92. The molecule has 0 unspecified atom stereocenters. The second-order valence-corrected chi connectivity index (χ2v) is 11.8. The topological polar surface area (TPSA) is 114 Å². The molecule has 4 aromatic rings. The van der Waals surface area contributed by atoms with E-state index < -0.39 is 21.8 Å². The molecule has 41 heavy (non-hydrogen) atoms. The second-order valence-electron chi connectivity index (χ2n) is 8.62. The molecule has 0 saturated carbocycles. The number of amides is 2. The number of thioether (sulfide) groups is 1. The normalized spacial score (nSPS) is 11.2. The molecule has 4 rings (SSSR count). The highest BCUT2D eigenvalue weighted by molar-refractivity contribution is 7.98. The van der Waals surface area contributed by atoms with Crippen molar-refractivity contribution >= 4 is 57.0 Å². The van der Waals surface area contributed by atoms with E-state index in [1.807, 2.05) is 36.4 Å². The van der Waals surface area contributed by atoms with Crippen molar-refractivity contribution in [2.75, 3.05) is 11.8 Å². The molecule has 0 aromatic heterocycles. The fourth-order valence-electron chi connectivity index (χ4n) is 3.49. The zero-order chi connectivity index (χ0) is 29.2. The Kier molecular flexibility index (Phi) is 10.1. The van der Waals surface area contributed by atoms with Crippen molar-refractivity contribution in [1.82, 2.24) is 10.9 Å². The maximum atomic E-state index is 12.6. The third kappa shape index (κ3) is 8.87. The van der Waals surface area contributed by atoms with Gasteiger partial charge in [0.2, 0.25) is 0 Å². The van der Waals surface area contributed by atoms with Crippen LogP contribution in [0.25, 0.3) is 6.08 Å². The average Bonchev–Trinajstić information content (AvgIpc) is 2.99. The first-order chi connectivity index (χ1) is 19.7. The highest BCUT2D eigenvalue weighted by Gasteiger charge is 2.14. The molecule has 0 saturated heterocycles. The van der Waals surface area contributed by atoms with E-state index in [2.05, 4.69) is 15.6 Å². The fraction of sp³-hybridized carbons (Fsp3) is 0.0667. The van der Waals surface area contributed by atoms with Crippen molar-refractivity contribution in [1.29, 1.82) is 0 Å². The van der Waals surface area contributed by atoms with Crippen LogP contribution in [0.2, 0.25) is 5.02 Å². The van der Waals surface area contributed by atoms with Crippen LogP contribution in [0.1, 0.15) is 21.5 Å². The molecular weight excluding hydrogens is 582 g/mol. The largest absolute Gasteiger partial charge is 0.497 e. The molecule has 0 bridgehead atoms. The Balaban J connectivity index is 1.24. The number of methoxy groups -OCH3 is 1. The molecule has 0 aliphatic heterocycles. The van der Waals surface area contributed by atoms with Crippen LogP contribution in [0.4, 0.5) is 5.69 Å². The van der Waals surface area contributed by atoms with E-state index in [-0.39, 0.29) is 4.90 Å². The summed E-state index contributed by atoms with van der Waals surface area (Å²) in [5.41, 5.74) is 7.15. The Bertz CT molecular complexity index is 1620. The van der Waals surface area contributed by atoms with Crippen molar-refractivity contribution in [3.8, 4) is 5.75 Å². The third-order valence-electron chi connectivity index (χ3n) is 5.69. The molecule has 4 aromatic carbocycles. The van der Waals surface area contributed by atoms with E-state index in [1.54, 1.807) is 60.3 Å². The van der Waals surface area contributed by atoms with Gasteiger partial charge in [0.1, 0.15) is 5.75 Å². The summed E-state index contributed by atoms with van der Waals surface area (Å²) in [6, 6.07) is 27.2. The number of hydrogen-bond donors (Lipinski definition) is 3. The lowest BCUT2D eigenvalue weighted by molar-refractivity contribution is -0.117. The van der Waals surface area contributed by atoms with Crippen LogP contribution < -0.4 is 20.3 Å². The van der Waals surface area contributed by atoms with Gasteiger partial charge in [0.15, 0.2) is 0 Å². The van der Waals surface area contributed by atoms with E-state index in [9.17, 15) is 18.0 Å². The zero-order valence-corrected chi connectivity index (χ0v) is 24.2. The molecule has 0 heterocycles. The van der Waals surface area contributed by atoms with Gasteiger partial charge in [-0.05, 0) is 90.0 Å². The number of hydrogen-bond acceptors (Lipinski definition) is 6. The summed E-state index contributed by atoms with van der Waals surface area (Å²) in [7, 11) is -2.27. The first kappa shape index (κ1) is 29.7. The molecule has 210 valence electrons. The second kappa shape index (κ2) is 13.9. The minimum atomic E-state index is -3.79. The number of sulfonamides is 1. The first-order valence-electron chi connectivity index (χ1n) is 12.2. The van der Waals surface area contributed by atoms with Crippen LogP contribution in [0.5, 0.6) is 5.75 Å². The zero-order valence-electron chi connectivity index (χ0n) is 21.8. The lowest BCUT2D eigenvalue weighted by atomic mass is 10.1. The third-order valence-corrected chi connectivity index (χ3v) is 8.43. The minimum Gasteiger partial charge on any atom is -0.497 e. The van der Waals surface area contributed by atoms with Crippen molar-refractivity contribution < 1.29 is 22.7 Å². The molecule has 8 nitrogen and oxygen atoms in total. The number of benzene rings is 4. The summed E-state index contributed by atoms with van der Waals surface area (Å²) in [4.78, 5) is 25.7. The van der Waals surface area contributed by atoms with Crippen LogP contribution in [0, 0.1) is 0 Å². The van der Waals surface area contributed by atoms with E-state index in [4.69, 9.17) is 16.3 Å². The van der Waals surface area contributed by atoms with Crippen LogP contribution in [0.3, 0.4) is 0 Å². The van der Waals surface area contributed by atoms with Crippen molar-refractivity contribution in [2.24, 2.45) is 0 Å². The van der Waals surface area contributed by atoms with Gasteiger partial charge in [-0.25, -0.2) is 8.42 Å². The van der Waals surface area contributed by atoms with Gasteiger partial charge in [-0.15, -0.1) is 11.8 Å². The molecule has 2 amide bonds. The monoisotopic (exact) mass is 607 g/mol. The Hall–Kier alpha value is -4.25. The Morgan fingerprint density at radius 2 is 1.51 bits per heavy atom. The van der Waals surface area contributed by atoms with Crippen molar-refractivity contribution in [2.45, 2.75) is 15.5 Å². The number of rotatable bonds is 10. The summed E-state index contributed by atoms with van der Waals surface area (Å²) >= 11 is 7.57. The standard InChI is InChI=1S/C30H26ClN3O5S2/c1-39-26-13-11-25(12-14-26)34-41(37,38)28-17-4-21(5-18-28)6-19-29(35)32-33-30(36)23-7-2-22(3-8-23)20-40-27-15-9-24(31)10-16-27/h2-19,34H,20H2,1H3,(H,32,35)(H,33,36)/b19-6+. The molecule has 0 spiro atoms. The highest BCUT2D eigenvalue weighted by atomic mass is 35.5. The minimum absolute atomic E-state index is 0.0665. The fourth-order valence-corrected chi connectivity index (χ4v) is 5.52. The van der Waals surface area contributed by atoms with Crippen molar-refractivity contribution in [3.63, 3.8) is 0 Å². The lowest BCUT2D eigenvalue weighted by Gasteiger charge is -2.09. The van der Waals surface area contributed by atoms with Gasteiger partial charge in [-0.1, -0.05) is 35.9 Å². The average molecular weight is 608 g/mol. The van der Waals surface area contributed by atoms with Gasteiger partial charge in [0.25, 0.3) is 21.8 Å². The van der Waals surface area contributed by atoms with Gasteiger partial charge in [0, 0.05) is 33.0 Å². The number of nitrogens with one attached hydrogen (secondary N) is 3. The molecule has 0 aliphatic rings. The summed E-state index contributed by atoms with van der Waals surface area (Å²) in [6.45, 7) is 0. The predicted molar refractivity (Wildman–Crippen MR) is 162 cm³/mol. The molecular formula is C30H26ClN3O5S2. The van der Waals surface area contributed by atoms with Gasteiger partial charge in [-0.2, -0.15) is 0 Å². The molecule has 0 fully saturated rings. The Morgan fingerprint density at radius 3 is 2.15 bits per heavy atom. The van der Waals surface area contributed by atoms with E-state index in [0.717, 1.165) is 16.2 Å². The summed E-state index contributed by atoms with van der Waals surface area (Å²) in [5.74, 6) is 0.342. The molecule has 0 atom stereocenters. The number of anilines is 1. The molecule has 0 aliphatic carbocycles. The maximum absolute atomic E-state index is 12.6. The van der Waals surface area contributed by atoms with Gasteiger partial charge in [0.05, 0.1) is 12.0 Å². The smallest absolute Gasteiger partial charge is 0.269 e. The number of ether oxygens (including phenoxy) is 1. The summed E-state index contributed by atoms with van der Waals surface area (Å²) in [6.07, 6.45) is 2.73. The lowest BCUT2D eigenvalue weighted by Crippen LogP contribution is -2.40. The number of halogens is 1. The van der Waals surface area contributed by atoms with Gasteiger partial charge >= 0.3 is 0 Å². The SMILES string of the molecule is COc1ccc(NS(=O)(=O)c2ccc(/C=C/C(=O)NNC(=O)c3ccc(CSc4ccc(Cl)cc4)cc3)cc2)cc1. The van der Waals surface area contributed by atoms with E-state index >= 15 is 0 Å². The molecule has 3 N–H and O–H groups in total. The van der Waals surface area contributed by atoms with Crippen LogP contribution in [-0.2, 0) is 20.6 Å². The number of carbonyl (C=O) groups is 2. The van der Waals surface area contributed by atoms with Gasteiger partial charge < -0.3 is 4.74 Å². The summed E-state index contributed by atoms with van der Waals surface area (Å²) in [5, 5.41) is 0.689. The highest BCUT2D eigenvalue weighted by Crippen LogP contribution is 2.24. The quantitative estimate of drug-likeness (QED) is 0.117. The van der Waals surface area contributed by atoms with E-state index in [0.29, 0.717) is 27.6 Å². The van der Waals surface area contributed by atoms with Crippen molar-refractivity contribution in [3.05, 3.63) is 125 Å². The number of hydrazine groups is 1.